The fourth-order valence-electron chi connectivity index (χ4n) is 1.82. The summed E-state index contributed by atoms with van der Waals surface area (Å²) < 4.78 is 0. The highest BCUT2D eigenvalue weighted by Gasteiger charge is 2.02. The van der Waals surface area contributed by atoms with E-state index in [1.807, 2.05) is 31.2 Å². The van der Waals surface area contributed by atoms with Crippen LogP contribution in [0.5, 0.6) is 0 Å². The van der Waals surface area contributed by atoms with Crippen LogP contribution in [0.2, 0.25) is 0 Å². The zero-order valence-corrected chi connectivity index (χ0v) is 11.5. The molecular weight excluding hydrogens is 264 g/mol. The Bertz CT molecular complexity index is 729. The number of aromatic nitrogens is 4. The van der Waals surface area contributed by atoms with Gasteiger partial charge in [0.1, 0.15) is 5.82 Å². The maximum Gasteiger partial charge on any atom is 0.229 e. The van der Waals surface area contributed by atoms with Gasteiger partial charge >= 0.3 is 0 Å². The number of benzene rings is 1. The second-order valence-corrected chi connectivity index (χ2v) is 4.46. The molecule has 2 N–H and O–H groups in total. The first-order valence-corrected chi connectivity index (χ1v) is 6.50. The molecule has 1 aromatic carbocycles. The molecule has 0 atom stereocenters. The predicted molar refractivity (Wildman–Crippen MR) is 81.8 cm³/mol. The van der Waals surface area contributed by atoms with E-state index in [0.29, 0.717) is 17.7 Å². The molecule has 0 aliphatic heterocycles. The number of nitrogens with one attached hydrogen (secondary N) is 2. The molecule has 0 fully saturated rings. The van der Waals surface area contributed by atoms with Gasteiger partial charge in [-0.15, -0.1) is 0 Å². The minimum absolute atomic E-state index is 0.498. The molecule has 2 aromatic heterocycles. The molecule has 0 bridgehead atoms. The van der Waals surface area contributed by atoms with E-state index in [0.717, 1.165) is 5.69 Å². The normalized spacial score (nSPS) is 10.1. The summed E-state index contributed by atoms with van der Waals surface area (Å²) in [7, 11) is 0. The molecule has 21 heavy (non-hydrogen) atoms. The van der Waals surface area contributed by atoms with Crippen molar-refractivity contribution in [3.63, 3.8) is 0 Å². The molecular formula is C15H14N6. The second-order valence-electron chi connectivity index (χ2n) is 4.46. The van der Waals surface area contributed by atoms with E-state index in [4.69, 9.17) is 0 Å². The maximum atomic E-state index is 4.38. The van der Waals surface area contributed by atoms with Crippen molar-refractivity contribution in [1.82, 2.24) is 19.9 Å². The molecule has 0 saturated carbocycles. The van der Waals surface area contributed by atoms with Gasteiger partial charge < -0.3 is 10.6 Å². The van der Waals surface area contributed by atoms with Crippen LogP contribution in [0.4, 0.5) is 23.4 Å². The maximum absolute atomic E-state index is 4.38. The van der Waals surface area contributed by atoms with Crippen LogP contribution >= 0.6 is 0 Å². The summed E-state index contributed by atoms with van der Waals surface area (Å²) in [5.41, 5.74) is 2.12. The Morgan fingerprint density at radius 2 is 1.62 bits per heavy atom. The summed E-state index contributed by atoms with van der Waals surface area (Å²) >= 11 is 0. The zero-order valence-electron chi connectivity index (χ0n) is 11.5. The minimum atomic E-state index is 0.498. The monoisotopic (exact) mass is 278 g/mol. The van der Waals surface area contributed by atoms with E-state index in [1.54, 1.807) is 30.7 Å². The molecule has 6 nitrogen and oxygen atoms in total. The smallest absolute Gasteiger partial charge is 0.229 e. The quantitative estimate of drug-likeness (QED) is 0.764. The van der Waals surface area contributed by atoms with Crippen molar-refractivity contribution in [2.24, 2.45) is 0 Å². The van der Waals surface area contributed by atoms with Gasteiger partial charge in [-0.25, -0.2) is 15.0 Å². The summed E-state index contributed by atoms with van der Waals surface area (Å²) in [6, 6.07) is 11.5. The van der Waals surface area contributed by atoms with Crippen molar-refractivity contribution in [3.8, 4) is 0 Å². The second kappa shape index (κ2) is 5.96. The molecule has 3 aromatic rings. The van der Waals surface area contributed by atoms with Gasteiger partial charge in [-0.05, 0) is 36.8 Å². The molecule has 0 amide bonds. The molecule has 3 rings (SSSR count). The number of aryl methyl sites for hydroxylation is 1. The van der Waals surface area contributed by atoms with Crippen LogP contribution in [-0.4, -0.2) is 19.9 Å². The van der Waals surface area contributed by atoms with Crippen LogP contribution in [0, 0.1) is 6.92 Å². The number of hydrogen-bond acceptors (Lipinski definition) is 6. The van der Waals surface area contributed by atoms with Crippen LogP contribution in [0.15, 0.2) is 55.0 Å². The lowest BCUT2D eigenvalue weighted by Gasteiger charge is -2.07. The van der Waals surface area contributed by atoms with Crippen LogP contribution in [0.1, 0.15) is 5.56 Å². The van der Waals surface area contributed by atoms with Crippen molar-refractivity contribution in [3.05, 3.63) is 60.6 Å². The van der Waals surface area contributed by atoms with Gasteiger partial charge in [-0.3, -0.25) is 0 Å². The lowest BCUT2D eigenvalue weighted by Crippen LogP contribution is -2.02. The lowest BCUT2D eigenvalue weighted by atomic mass is 10.2. The Balaban J connectivity index is 1.77. The van der Waals surface area contributed by atoms with Crippen LogP contribution in [0.25, 0.3) is 0 Å². The summed E-state index contributed by atoms with van der Waals surface area (Å²) in [6.45, 7) is 2.04. The highest BCUT2D eigenvalue weighted by molar-refractivity contribution is 5.56. The lowest BCUT2D eigenvalue weighted by molar-refractivity contribution is 1.12. The van der Waals surface area contributed by atoms with Gasteiger partial charge in [-0.1, -0.05) is 12.1 Å². The Morgan fingerprint density at radius 3 is 2.43 bits per heavy atom. The van der Waals surface area contributed by atoms with Crippen LogP contribution in [0.3, 0.4) is 0 Å². The summed E-state index contributed by atoms with van der Waals surface area (Å²) in [5.74, 6) is 1.64. The van der Waals surface area contributed by atoms with Gasteiger partial charge in [0.15, 0.2) is 0 Å². The molecule has 0 saturated heterocycles. The molecule has 0 spiro atoms. The Hall–Kier alpha value is -3.02. The average molecular weight is 278 g/mol. The third kappa shape index (κ3) is 3.50. The van der Waals surface area contributed by atoms with Crippen molar-refractivity contribution in [2.75, 3.05) is 10.6 Å². The molecule has 0 aliphatic carbocycles. The highest BCUT2D eigenvalue weighted by Crippen LogP contribution is 2.16. The van der Waals surface area contributed by atoms with E-state index in [1.165, 1.54) is 5.56 Å². The molecule has 0 unspecified atom stereocenters. The molecule has 2 heterocycles. The first-order valence-electron chi connectivity index (χ1n) is 6.50. The van der Waals surface area contributed by atoms with Crippen molar-refractivity contribution < 1.29 is 0 Å². The Labute approximate surface area is 122 Å². The number of anilines is 4. The summed E-state index contributed by atoms with van der Waals surface area (Å²) in [5, 5.41) is 6.20. The number of rotatable bonds is 4. The first-order chi connectivity index (χ1) is 10.3. The average Bonchev–Trinajstić information content (AvgIpc) is 2.49. The third-order valence-corrected chi connectivity index (χ3v) is 2.74. The fourth-order valence-corrected chi connectivity index (χ4v) is 1.82. The van der Waals surface area contributed by atoms with E-state index in [2.05, 4.69) is 30.6 Å². The summed E-state index contributed by atoms with van der Waals surface area (Å²) in [4.78, 5) is 16.8. The van der Waals surface area contributed by atoms with Crippen molar-refractivity contribution in [1.29, 1.82) is 0 Å². The minimum Gasteiger partial charge on any atom is -0.324 e. The van der Waals surface area contributed by atoms with Crippen LogP contribution in [-0.2, 0) is 0 Å². The van der Waals surface area contributed by atoms with Gasteiger partial charge in [0.2, 0.25) is 11.9 Å². The van der Waals surface area contributed by atoms with Gasteiger partial charge in [0.25, 0.3) is 0 Å². The van der Waals surface area contributed by atoms with E-state index < -0.39 is 0 Å². The van der Waals surface area contributed by atoms with Crippen LogP contribution < -0.4 is 10.6 Å². The number of nitrogens with zero attached hydrogens (tertiary/aromatic N) is 4. The molecule has 0 aliphatic rings. The van der Waals surface area contributed by atoms with Gasteiger partial charge in [-0.2, -0.15) is 4.98 Å². The first kappa shape index (κ1) is 13.0. The number of hydrogen-bond donors (Lipinski definition) is 2. The topological polar surface area (TPSA) is 75.6 Å². The Kier molecular flexibility index (Phi) is 3.68. The Morgan fingerprint density at radius 1 is 0.810 bits per heavy atom. The predicted octanol–water partition coefficient (Wildman–Crippen LogP) is 3.06. The van der Waals surface area contributed by atoms with E-state index >= 15 is 0 Å². The van der Waals surface area contributed by atoms with Crippen molar-refractivity contribution >= 4 is 23.4 Å². The zero-order chi connectivity index (χ0) is 14.5. The molecule has 6 heteroatoms. The summed E-state index contributed by atoms with van der Waals surface area (Å²) in [6.07, 6.45) is 5.02. The fraction of sp³-hybridized carbons (Fsp3) is 0.0667. The SMILES string of the molecule is Cc1cccc(Nc2nccc(Nc3ncccn3)n2)c1. The standard InChI is InChI=1S/C15H14N6/c1-11-4-2-5-12(10-11)19-15-18-9-6-13(21-15)20-14-16-7-3-8-17-14/h2-10H,1H3,(H2,16,17,18,19,20,21). The third-order valence-electron chi connectivity index (χ3n) is 2.74. The van der Waals surface area contributed by atoms with E-state index in [-0.39, 0.29) is 0 Å². The molecule has 104 valence electrons. The van der Waals surface area contributed by atoms with E-state index in [9.17, 15) is 0 Å². The van der Waals surface area contributed by atoms with Gasteiger partial charge in [0, 0.05) is 24.3 Å². The van der Waals surface area contributed by atoms with Gasteiger partial charge in [0.05, 0.1) is 0 Å². The molecule has 0 radical (unpaired) electrons. The van der Waals surface area contributed by atoms with Crippen molar-refractivity contribution in [2.45, 2.75) is 6.92 Å². The highest BCUT2D eigenvalue weighted by atomic mass is 15.2. The largest absolute Gasteiger partial charge is 0.324 e.